The maximum Gasteiger partial charge on any atom is 0.253 e. The number of carbonyl (C=O) groups excluding carboxylic acids is 1. The highest BCUT2D eigenvalue weighted by Crippen LogP contribution is 2.29. The highest BCUT2D eigenvalue weighted by atomic mass is 35.5. The summed E-state index contributed by atoms with van der Waals surface area (Å²) in [7, 11) is 0. The lowest BCUT2D eigenvalue weighted by Gasteiger charge is -2.22. The zero-order valence-electron chi connectivity index (χ0n) is 15.2. The number of rotatable bonds is 4. The second kappa shape index (κ2) is 7.58. The molecule has 0 aliphatic carbocycles. The topological polar surface area (TPSA) is 64.2 Å². The summed E-state index contributed by atoms with van der Waals surface area (Å²) in [4.78, 5) is 14.7. The van der Waals surface area contributed by atoms with Crippen molar-refractivity contribution in [3.8, 4) is 0 Å². The lowest BCUT2D eigenvalue weighted by atomic mass is 9.90. The van der Waals surface area contributed by atoms with Crippen molar-refractivity contribution in [1.82, 2.24) is 14.7 Å². The maximum absolute atomic E-state index is 12.8. The van der Waals surface area contributed by atoms with E-state index in [-0.39, 0.29) is 23.7 Å². The fourth-order valence-corrected chi connectivity index (χ4v) is 3.36. The number of hydrogen-bond donors (Lipinski definition) is 1. The van der Waals surface area contributed by atoms with Crippen molar-refractivity contribution in [1.29, 1.82) is 0 Å². The average molecular weight is 363 g/mol. The van der Waals surface area contributed by atoms with Crippen LogP contribution in [0.4, 0.5) is 0 Å². The number of halogens is 1. The standard InChI is InChI=1S/C19H26N4O.ClH/c1-14-9-15(2)23(21-14)11-16-5-4-6-17(10-16)18(24)22-8-7-19(3,12-20)13-22;/h4-6,9-10H,7-8,11-13,20H2,1-3H3;1H. The highest BCUT2D eigenvalue weighted by Gasteiger charge is 2.35. The quantitative estimate of drug-likeness (QED) is 0.909. The SMILES string of the molecule is Cc1cc(C)n(Cc2cccc(C(=O)N3CCC(C)(CN)C3)c2)n1.Cl. The summed E-state index contributed by atoms with van der Waals surface area (Å²) in [6.07, 6.45) is 0.973. The Morgan fingerprint density at radius 1 is 1.32 bits per heavy atom. The molecule has 25 heavy (non-hydrogen) atoms. The minimum atomic E-state index is 0. The van der Waals surface area contributed by atoms with Gasteiger partial charge in [-0.3, -0.25) is 9.48 Å². The van der Waals surface area contributed by atoms with E-state index in [9.17, 15) is 4.79 Å². The summed E-state index contributed by atoms with van der Waals surface area (Å²) in [5, 5.41) is 4.50. The van der Waals surface area contributed by atoms with E-state index < -0.39 is 0 Å². The maximum atomic E-state index is 12.8. The summed E-state index contributed by atoms with van der Waals surface area (Å²) >= 11 is 0. The molecule has 1 aromatic carbocycles. The first-order valence-corrected chi connectivity index (χ1v) is 8.49. The van der Waals surface area contributed by atoms with E-state index in [4.69, 9.17) is 5.73 Å². The molecule has 1 atom stereocenters. The molecular weight excluding hydrogens is 336 g/mol. The molecule has 0 radical (unpaired) electrons. The third kappa shape index (κ3) is 4.22. The molecule has 6 heteroatoms. The van der Waals surface area contributed by atoms with Gasteiger partial charge in [-0.15, -0.1) is 12.4 Å². The van der Waals surface area contributed by atoms with Crippen molar-refractivity contribution < 1.29 is 4.79 Å². The van der Waals surface area contributed by atoms with Gasteiger partial charge in [0.2, 0.25) is 0 Å². The summed E-state index contributed by atoms with van der Waals surface area (Å²) in [6.45, 7) is 9.02. The number of aryl methyl sites for hydroxylation is 2. The van der Waals surface area contributed by atoms with Crippen molar-refractivity contribution in [3.63, 3.8) is 0 Å². The first kappa shape index (κ1) is 19.5. The Balaban J connectivity index is 0.00000225. The number of nitrogens with two attached hydrogens (primary N) is 1. The van der Waals surface area contributed by atoms with Gasteiger partial charge in [0.1, 0.15) is 0 Å². The molecule has 1 saturated heterocycles. The molecule has 2 heterocycles. The summed E-state index contributed by atoms with van der Waals surface area (Å²) < 4.78 is 1.97. The van der Waals surface area contributed by atoms with Crippen LogP contribution in [0.3, 0.4) is 0 Å². The Morgan fingerprint density at radius 2 is 2.08 bits per heavy atom. The molecule has 2 aromatic rings. The molecule has 5 nitrogen and oxygen atoms in total. The van der Waals surface area contributed by atoms with E-state index in [1.807, 2.05) is 47.7 Å². The van der Waals surface area contributed by atoms with Gasteiger partial charge in [-0.1, -0.05) is 19.1 Å². The second-order valence-electron chi connectivity index (χ2n) is 7.28. The Bertz CT molecular complexity index is 758. The van der Waals surface area contributed by atoms with Crippen LogP contribution in [-0.4, -0.2) is 40.2 Å². The number of amides is 1. The van der Waals surface area contributed by atoms with Gasteiger partial charge in [0.15, 0.2) is 0 Å². The molecule has 1 aliphatic heterocycles. The van der Waals surface area contributed by atoms with Crippen LogP contribution in [0.1, 0.15) is 40.7 Å². The van der Waals surface area contributed by atoms with E-state index in [1.165, 1.54) is 0 Å². The van der Waals surface area contributed by atoms with Crippen LogP contribution in [0.15, 0.2) is 30.3 Å². The van der Waals surface area contributed by atoms with Crippen molar-refractivity contribution in [2.24, 2.45) is 11.1 Å². The van der Waals surface area contributed by atoms with E-state index in [2.05, 4.69) is 18.1 Å². The van der Waals surface area contributed by atoms with Gasteiger partial charge in [0.05, 0.1) is 12.2 Å². The van der Waals surface area contributed by atoms with Gasteiger partial charge in [0, 0.05) is 24.3 Å². The van der Waals surface area contributed by atoms with Crippen LogP contribution < -0.4 is 5.73 Å². The zero-order chi connectivity index (χ0) is 17.3. The molecule has 1 fully saturated rings. The van der Waals surface area contributed by atoms with Gasteiger partial charge >= 0.3 is 0 Å². The van der Waals surface area contributed by atoms with Gasteiger partial charge in [-0.05, 0) is 56.0 Å². The van der Waals surface area contributed by atoms with Crippen LogP contribution in [0.25, 0.3) is 0 Å². The Kier molecular flexibility index (Phi) is 5.91. The van der Waals surface area contributed by atoms with Crippen molar-refractivity contribution in [2.75, 3.05) is 19.6 Å². The number of carbonyl (C=O) groups is 1. The van der Waals surface area contributed by atoms with Crippen LogP contribution in [0.5, 0.6) is 0 Å². The molecule has 0 bridgehead atoms. The van der Waals surface area contributed by atoms with E-state index in [0.717, 1.165) is 42.0 Å². The third-order valence-electron chi connectivity index (χ3n) is 4.95. The average Bonchev–Trinajstić information content (AvgIpc) is 3.10. The second-order valence-corrected chi connectivity index (χ2v) is 7.28. The van der Waals surface area contributed by atoms with Gasteiger partial charge in [-0.25, -0.2) is 0 Å². The van der Waals surface area contributed by atoms with Crippen LogP contribution in [-0.2, 0) is 6.54 Å². The lowest BCUT2D eigenvalue weighted by molar-refractivity contribution is 0.0777. The van der Waals surface area contributed by atoms with Crippen LogP contribution in [0, 0.1) is 19.3 Å². The summed E-state index contributed by atoms with van der Waals surface area (Å²) in [6, 6.07) is 9.93. The zero-order valence-corrected chi connectivity index (χ0v) is 16.0. The number of nitrogens with zero attached hydrogens (tertiary/aromatic N) is 3. The molecule has 1 aliphatic rings. The van der Waals surface area contributed by atoms with E-state index in [0.29, 0.717) is 13.1 Å². The monoisotopic (exact) mass is 362 g/mol. The number of aromatic nitrogens is 2. The third-order valence-corrected chi connectivity index (χ3v) is 4.95. The normalized spacial score (nSPS) is 19.8. The molecule has 2 N–H and O–H groups in total. The summed E-state index contributed by atoms with van der Waals surface area (Å²) in [5.41, 5.74) is 9.88. The Labute approximate surface area is 155 Å². The first-order chi connectivity index (χ1) is 11.4. The largest absolute Gasteiger partial charge is 0.338 e. The predicted molar refractivity (Wildman–Crippen MR) is 102 cm³/mol. The van der Waals surface area contributed by atoms with Crippen LogP contribution >= 0.6 is 12.4 Å². The van der Waals surface area contributed by atoms with Crippen LogP contribution in [0.2, 0.25) is 0 Å². The minimum Gasteiger partial charge on any atom is -0.338 e. The van der Waals surface area contributed by atoms with Gasteiger partial charge in [0.25, 0.3) is 5.91 Å². The smallest absolute Gasteiger partial charge is 0.253 e. The highest BCUT2D eigenvalue weighted by molar-refractivity contribution is 5.94. The Hall–Kier alpha value is -1.85. The molecular formula is C19H27ClN4O. The minimum absolute atomic E-state index is 0. The number of hydrogen-bond acceptors (Lipinski definition) is 3. The fourth-order valence-electron chi connectivity index (χ4n) is 3.36. The molecule has 136 valence electrons. The van der Waals surface area contributed by atoms with Crippen molar-refractivity contribution in [2.45, 2.75) is 33.7 Å². The molecule has 3 rings (SSSR count). The molecule has 1 amide bonds. The number of likely N-dealkylation sites (tertiary alicyclic amines) is 1. The van der Waals surface area contributed by atoms with Crippen molar-refractivity contribution in [3.05, 3.63) is 52.8 Å². The molecule has 1 unspecified atom stereocenters. The summed E-state index contributed by atoms with van der Waals surface area (Å²) in [5.74, 6) is 0.0994. The number of benzene rings is 1. The molecule has 1 aromatic heterocycles. The van der Waals surface area contributed by atoms with Gasteiger partial charge < -0.3 is 10.6 Å². The molecule has 0 spiro atoms. The van der Waals surface area contributed by atoms with E-state index in [1.54, 1.807) is 0 Å². The Morgan fingerprint density at radius 3 is 2.68 bits per heavy atom. The predicted octanol–water partition coefficient (Wildman–Crippen LogP) is 2.78. The molecule has 0 saturated carbocycles. The lowest BCUT2D eigenvalue weighted by Crippen LogP contribution is -2.34. The van der Waals surface area contributed by atoms with Gasteiger partial charge in [-0.2, -0.15) is 5.10 Å². The fraction of sp³-hybridized carbons (Fsp3) is 0.474. The van der Waals surface area contributed by atoms with Crippen molar-refractivity contribution >= 4 is 18.3 Å². The first-order valence-electron chi connectivity index (χ1n) is 8.49. The van der Waals surface area contributed by atoms with E-state index >= 15 is 0 Å².